The van der Waals surface area contributed by atoms with Crippen LogP contribution in [0.1, 0.15) is 0 Å². The summed E-state index contributed by atoms with van der Waals surface area (Å²) in [6.45, 7) is 0. The summed E-state index contributed by atoms with van der Waals surface area (Å²) in [6.07, 6.45) is 0. The van der Waals surface area contributed by atoms with E-state index in [2.05, 4.69) is 536 Å². The standard InChI is InChI=1S/3C37H30N2/c1-38(37-20-12-11-19-36(37)31-13-5-2-6-14-31)32-25-21-29(22-26-32)30-23-27-35(28-24-30)39(33-15-7-3-8-16-33)34-17-9-4-10-18-34;1-38(37-19-11-14-32(28-37)29-12-5-2-6-13-29)33-24-20-30(21-25-33)31-22-26-36(27-23-31)39(34-15-7-3-8-16-34)35-17-9-4-10-18-35;1-38(33-23-17-30(18-24-33)29-11-5-2-6-12-29)34-25-19-31(20-26-34)32-21-27-37(28-22-32)39(35-13-7-3-8-14-35)36-15-9-4-10-16-36/h3*2-28H,1H3. The highest BCUT2D eigenvalue weighted by molar-refractivity contribution is 5.86. The molecule has 564 valence electrons. The Morgan fingerprint density at radius 3 is 0.581 bits per heavy atom. The summed E-state index contributed by atoms with van der Waals surface area (Å²) < 4.78 is 0. The average molecular weight is 1510 g/mol. The zero-order valence-corrected chi connectivity index (χ0v) is 65.9. The molecule has 0 aliphatic rings. The number of hydrogen-bond acceptors (Lipinski definition) is 6. The Labute approximate surface area is 689 Å². The second kappa shape index (κ2) is 36.9. The third kappa shape index (κ3) is 18.3. The highest BCUT2D eigenvalue weighted by atomic mass is 15.2. The molecule has 0 saturated carbocycles. The molecule has 0 aromatic heterocycles. The highest BCUT2D eigenvalue weighted by Gasteiger charge is 2.18. The van der Waals surface area contributed by atoms with E-state index in [1.165, 1.54) is 72.4 Å². The molecule has 0 aliphatic heterocycles. The van der Waals surface area contributed by atoms with Crippen molar-refractivity contribution >= 4 is 85.3 Å². The van der Waals surface area contributed by atoms with Crippen molar-refractivity contribution in [3.63, 3.8) is 0 Å². The van der Waals surface area contributed by atoms with Crippen LogP contribution >= 0.6 is 0 Å². The molecular formula is C111H90N6. The Kier molecular flexibility index (Phi) is 23.9. The minimum Gasteiger partial charge on any atom is -0.345 e. The molecular weight excluding hydrogens is 1420 g/mol. The molecule has 6 nitrogen and oxygen atoms in total. The number of para-hydroxylation sites is 7. The molecule has 18 aromatic carbocycles. The molecule has 0 spiro atoms. The Morgan fingerprint density at radius 1 is 0.120 bits per heavy atom. The van der Waals surface area contributed by atoms with Crippen LogP contribution in [0, 0.1) is 0 Å². The number of anilines is 15. The number of nitrogens with zero attached hydrogens (tertiary/aromatic N) is 6. The first-order chi connectivity index (χ1) is 57.8. The Balaban J connectivity index is 0.000000131. The van der Waals surface area contributed by atoms with E-state index < -0.39 is 0 Å². The van der Waals surface area contributed by atoms with Crippen molar-refractivity contribution in [2.45, 2.75) is 0 Å². The fourth-order valence-corrected chi connectivity index (χ4v) is 14.9. The van der Waals surface area contributed by atoms with E-state index >= 15 is 0 Å². The largest absolute Gasteiger partial charge is 0.345 e. The molecule has 0 unspecified atom stereocenters. The van der Waals surface area contributed by atoms with Gasteiger partial charge >= 0.3 is 0 Å². The SMILES string of the molecule is CN(c1ccc(-c2ccc(N(c3ccccc3)c3ccccc3)cc2)cc1)c1cccc(-c2ccccc2)c1.CN(c1ccc(-c2ccc(N(c3ccccc3)c3ccccc3)cc2)cc1)c1ccccc1-c1ccccc1.CN(c1ccc(-c2ccccc2)cc1)c1ccc(-c2ccc(N(c3ccccc3)c3ccccc3)cc2)cc1. The lowest BCUT2D eigenvalue weighted by molar-refractivity contribution is 1.21. The van der Waals surface area contributed by atoms with E-state index in [9.17, 15) is 0 Å². The quantitative estimate of drug-likeness (QED) is 0.0709. The van der Waals surface area contributed by atoms with Crippen LogP contribution < -0.4 is 29.4 Å². The van der Waals surface area contributed by atoms with E-state index in [-0.39, 0.29) is 0 Å². The second-order valence-corrected chi connectivity index (χ2v) is 28.7. The topological polar surface area (TPSA) is 19.4 Å². The van der Waals surface area contributed by atoms with Gasteiger partial charge in [-0.15, -0.1) is 0 Å². The first-order valence-electron chi connectivity index (χ1n) is 39.8. The van der Waals surface area contributed by atoms with Crippen LogP contribution in [-0.4, -0.2) is 21.1 Å². The van der Waals surface area contributed by atoms with E-state index in [1.54, 1.807) is 0 Å². The Morgan fingerprint density at radius 2 is 0.299 bits per heavy atom. The van der Waals surface area contributed by atoms with E-state index in [1.807, 2.05) is 6.07 Å². The van der Waals surface area contributed by atoms with Crippen molar-refractivity contribution in [1.82, 2.24) is 0 Å². The molecule has 0 radical (unpaired) electrons. The summed E-state index contributed by atoms with van der Waals surface area (Å²) >= 11 is 0. The van der Waals surface area contributed by atoms with Crippen LogP contribution in [0.15, 0.2) is 491 Å². The van der Waals surface area contributed by atoms with Gasteiger partial charge < -0.3 is 29.4 Å². The lowest BCUT2D eigenvalue weighted by Gasteiger charge is -2.25. The van der Waals surface area contributed by atoms with Gasteiger partial charge in [-0.3, -0.25) is 0 Å². The maximum absolute atomic E-state index is 2.28. The van der Waals surface area contributed by atoms with Crippen molar-refractivity contribution in [2.75, 3.05) is 50.5 Å². The lowest BCUT2D eigenvalue weighted by atomic mass is 10.0. The second-order valence-electron chi connectivity index (χ2n) is 28.7. The predicted octanol–water partition coefficient (Wildman–Crippen LogP) is 30.8. The average Bonchev–Trinajstić information content (AvgIpc) is 0.813. The monoisotopic (exact) mass is 1510 g/mol. The fraction of sp³-hybridized carbons (Fsp3) is 0.0270. The molecule has 6 heteroatoms. The normalized spacial score (nSPS) is 10.7. The molecule has 0 fully saturated rings. The van der Waals surface area contributed by atoms with E-state index in [0.717, 1.165) is 79.6 Å². The summed E-state index contributed by atoms with van der Waals surface area (Å²) in [5, 5.41) is 0. The van der Waals surface area contributed by atoms with Gasteiger partial charge in [0.05, 0.1) is 0 Å². The van der Waals surface area contributed by atoms with Crippen molar-refractivity contribution < 1.29 is 0 Å². The van der Waals surface area contributed by atoms with Crippen molar-refractivity contribution in [1.29, 1.82) is 0 Å². The van der Waals surface area contributed by atoms with Crippen LogP contribution in [0.4, 0.5) is 85.3 Å². The Hall–Kier alpha value is -15.2. The fourth-order valence-electron chi connectivity index (χ4n) is 14.9. The number of benzene rings is 18. The summed E-state index contributed by atoms with van der Waals surface area (Å²) in [5.41, 5.74) is 31.7. The molecule has 0 N–H and O–H groups in total. The molecule has 117 heavy (non-hydrogen) atoms. The van der Waals surface area contributed by atoms with Crippen molar-refractivity contribution in [2.24, 2.45) is 0 Å². The summed E-state index contributed by atoms with van der Waals surface area (Å²) in [7, 11) is 6.37. The van der Waals surface area contributed by atoms with Gasteiger partial charge in [-0.2, -0.15) is 0 Å². The first-order valence-corrected chi connectivity index (χ1v) is 39.8. The minimum atomic E-state index is 1.13. The van der Waals surface area contributed by atoms with Crippen LogP contribution in [-0.2, 0) is 0 Å². The first kappa shape index (κ1) is 75.8. The van der Waals surface area contributed by atoms with Crippen molar-refractivity contribution in [3.05, 3.63) is 491 Å². The maximum Gasteiger partial charge on any atom is 0.0487 e. The van der Waals surface area contributed by atoms with Gasteiger partial charge in [0.2, 0.25) is 0 Å². The molecule has 0 amide bonds. The number of rotatable bonds is 21. The summed E-state index contributed by atoms with van der Waals surface area (Å²) in [5.74, 6) is 0. The van der Waals surface area contributed by atoms with Crippen molar-refractivity contribution in [3.8, 4) is 66.8 Å². The summed E-state index contributed by atoms with van der Waals surface area (Å²) in [4.78, 5) is 13.6. The van der Waals surface area contributed by atoms with E-state index in [0.29, 0.717) is 0 Å². The maximum atomic E-state index is 2.28. The molecule has 0 atom stereocenters. The molecule has 0 heterocycles. The third-order valence-corrected chi connectivity index (χ3v) is 21.3. The molecule has 0 aliphatic carbocycles. The lowest BCUT2D eigenvalue weighted by Crippen LogP contribution is -2.10. The zero-order chi connectivity index (χ0) is 79.3. The third-order valence-electron chi connectivity index (χ3n) is 21.3. The molecule has 0 bridgehead atoms. The zero-order valence-electron chi connectivity index (χ0n) is 65.9. The van der Waals surface area contributed by atoms with Crippen LogP contribution in [0.2, 0.25) is 0 Å². The van der Waals surface area contributed by atoms with Gasteiger partial charge in [0.25, 0.3) is 0 Å². The van der Waals surface area contributed by atoms with Gasteiger partial charge in [-0.1, -0.05) is 315 Å². The van der Waals surface area contributed by atoms with Crippen LogP contribution in [0.3, 0.4) is 0 Å². The van der Waals surface area contributed by atoms with Crippen LogP contribution in [0.5, 0.6) is 0 Å². The molecule has 18 rings (SSSR count). The number of hydrogen-bond donors (Lipinski definition) is 0. The molecule has 18 aromatic rings. The van der Waals surface area contributed by atoms with E-state index in [4.69, 9.17) is 0 Å². The van der Waals surface area contributed by atoms with Gasteiger partial charge in [0, 0.05) is 112 Å². The van der Waals surface area contributed by atoms with Gasteiger partial charge in [0.1, 0.15) is 0 Å². The Bertz CT molecular complexity index is 5960. The minimum absolute atomic E-state index is 1.13. The van der Waals surface area contributed by atoms with Gasteiger partial charge in [0.15, 0.2) is 0 Å². The molecule has 0 saturated heterocycles. The van der Waals surface area contributed by atoms with Gasteiger partial charge in [-0.05, 0) is 237 Å². The van der Waals surface area contributed by atoms with Crippen LogP contribution in [0.25, 0.3) is 66.8 Å². The smallest absolute Gasteiger partial charge is 0.0487 e. The predicted molar refractivity (Wildman–Crippen MR) is 500 cm³/mol. The highest BCUT2D eigenvalue weighted by Crippen LogP contribution is 2.42. The summed E-state index contributed by atoms with van der Waals surface area (Å²) in [6, 6.07) is 173. The van der Waals surface area contributed by atoms with Gasteiger partial charge in [-0.25, -0.2) is 0 Å².